The molecule has 1 aliphatic carbocycles. The van der Waals surface area contributed by atoms with Crippen LogP contribution in [0.5, 0.6) is 0 Å². The topological polar surface area (TPSA) is 20.2 Å². The lowest BCUT2D eigenvalue weighted by atomic mass is 9.79. The third-order valence-corrected chi connectivity index (χ3v) is 4.45. The lowest BCUT2D eigenvalue weighted by Gasteiger charge is -2.26. The number of aliphatic hydroxyl groups excluding tert-OH is 1. The molecule has 0 saturated heterocycles. The van der Waals surface area contributed by atoms with Gasteiger partial charge in [-0.15, -0.1) is 0 Å². The van der Waals surface area contributed by atoms with Gasteiger partial charge in [0.2, 0.25) is 0 Å². The first-order valence-electron chi connectivity index (χ1n) is 8.09. The maximum atomic E-state index is 10.3. The van der Waals surface area contributed by atoms with Gasteiger partial charge in [0.15, 0.2) is 0 Å². The largest absolute Gasteiger partial charge is 0.388 e. The van der Waals surface area contributed by atoms with Crippen LogP contribution in [-0.2, 0) is 0 Å². The highest BCUT2D eigenvalue weighted by Crippen LogP contribution is 2.37. The Morgan fingerprint density at radius 3 is 2.63 bits per heavy atom. The standard InChI is InChI=1S/C18H28O/c1-2-3-4-5-6-13-18(19)17-12-8-11-16(14-17)15-9-7-10-15/h8,11-12,14-15,18-19H,2-7,9-10,13H2,1H3. The van der Waals surface area contributed by atoms with Crippen molar-refractivity contribution in [3.8, 4) is 0 Å². The van der Waals surface area contributed by atoms with Crippen LogP contribution in [0.15, 0.2) is 24.3 Å². The molecule has 0 radical (unpaired) electrons. The molecule has 106 valence electrons. The van der Waals surface area contributed by atoms with Crippen LogP contribution >= 0.6 is 0 Å². The van der Waals surface area contributed by atoms with Crippen LogP contribution in [0.3, 0.4) is 0 Å². The molecule has 0 aliphatic heterocycles. The van der Waals surface area contributed by atoms with Crippen molar-refractivity contribution < 1.29 is 5.11 Å². The van der Waals surface area contributed by atoms with Crippen LogP contribution in [0.4, 0.5) is 0 Å². The third kappa shape index (κ3) is 4.35. The van der Waals surface area contributed by atoms with Crippen LogP contribution in [-0.4, -0.2) is 5.11 Å². The van der Waals surface area contributed by atoms with Crippen molar-refractivity contribution >= 4 is 0 Å². The molecule has 1 fully saturated rings. The van der Waals surface area contributed by atoms with Crippen molar-refractivity contribution in [1.82, 2.24) is 0 Å². The van der Waals surface area contributed by atoms with E-state index in [9.17, 15) is 5.11 Å². The van der Waals surface area contributed by atoms with E-state index in [2.05, 4.69) is 31.2 Å². The first-order valence-corrected chi connectivity index (χ1v) is 8.09. The van der Waals surface area contributed by atoms with E-state index in [-0.39, 0.29) is 6.10 Å². The zero-order valence-electron chi connectivity index (χ0n) is 12.3. The molecule has 0 aromatic heterocycles. The molecular formula is C18H28O. The molecule has 1 aliphatic rings. The maximum absolute atomic E-state index is 10.3. The SMILES string of the molecule is CCCCCCCC(O)c1cccc(C2CCC2)c1. The Kier molecular flexibility index (Phi) is 5.91. The molecule has 0 amide bonds. The summed E-state index contributed by atoms with van der Waals surface area (Å²) in [5.41, 5.74) is 2.56. The molecule has 1 N–H and O–H groups in total. The minimum atomic E-state index is -0.262. The van der Waals surface area contributed by atoms with E-state index in [0.29, 0.717) is 0 Å². The molecule has 1 nitrogen and oxygen atoms in total. The first kappa shape index (κ1) is 14.6. The monoisotopic (exact) mass is 260 g/mol. The zero-order chi connectivity index (χ0) is 13.5. The zero-order valence-corrected chi connectivity index (χ0v) is 12.3. The lowest BCUT2D eigenvalue weighted by Crippen LogP contribution is -2.09. The summed E-state index contributed by atoms with van der Waals surface area (Å²) in [5, 5.41) is 10.3. The summed E-state index contributed by atoms with van der Waals surface area (Å²) in [6.07, 6.45) is 11.0. The summed E-state index contributed by atoms with van der Waals surface area (Å²) in [4.78, 5) is 0. The van der Waals surface area contributed by atoms with Gasteiger partial charge in [0.25, 0.3) is 0 Å². The van der Waals surface area contributed by atoms with E-state index in [0.717, 1.165) is 24.3 Å². The van der Waals surface area contributed by atoms with Crippen LogP contribution in [0.2, 0.25) is 0 Å². The van der Waals surface area contributed by atoms with Gasteiger partial charge in [-0.2, -0.15) is 0 Å². The molecular weight excluding hydrogens is 232 g/mol. The van der Waals surface area contributed by atoms with Gasteiger partial charge < -0.3 is 5.11 Å². The van der Waals surface area contributed by atoms with Crippen LogP contribution in [0, 0.1) is 0 Å². The van der Waals surface area contributed by atoms with Gasteiger partial charge in [0.05, 0.1) is 6.10 Å². The third-order valence-electron chi connectivity index (χ3n) is 4.45. The Morgan fingerprint density at radius 2 is 1.95 bits per heavy atom. The summed E-state index contributed by atoms with van der Waals surface area (Å²) in [7, 11) is 0. The van der Waals surface area contributed by atoms with E-state index in [1.54, 1.807) is 0 Å². The van der Waals surface area contributed by atoms with E-state index in [1.807, 2.05) is 0 Å². The average molecular weight is 260 g/mol. The van der Waals surface area contributed by atoms with Gasteiger partial charge >= 0.3 is 0 Å². The normalized spacial score (nSPS) is 17.2. The molecule has 0 heterocycles. The highest BCUT2D eigenvalue weighted by atomic mass is 16.3. The van der Waals surface area contributed by atoms with Crippen molar-refractivity contribution in [3.63, 3.8) is 0 Å². The number of benzene rings is 1. The van der Waals surface area contributed by atoms with Gasteiger partial charge in [-0.1, -0.05) is 69.7 Å². The van der Waals surface area contributed by atoms with Gasteiger partial charge in [0.1, 0.15) is 0 Å². The van der Waals surface area contributed by atoms with E-state index in [1.165, 1.54) is 50.5 Å². The summed E-state index contributed by atoms with van der Waals surface area (Å²) in [6, 6.07) is 8.66. The lowest BCUT2D eigenvalue weighted by molar-refractivity contribution is 0.163. The van der Waals surface area contributed by atoms with Crippen LogP contribution < -0.4 is 0 Å². The second-order valence-corrected chi connectivity index (χ2v) is 6.02. The van der Waals surface area contributed by atoms with Crippen molar-refractivity contribution in [2.75, 3.05) is 0 Å². The maximum Gasteiger partial charge on any atom is 0.0790 e. The van der Waals surface area contributed by atoms with Crippen molar-refractivity contribution in [2.45, 2.75) is 76.7 Å². The van der Waals surface area contributed by atoms with Crippen molar-refractivity contribution in [2.24, 2.45) is 0 Å². The predicted molar refractivity (Wildman–Crippen MR) is 81.4 cm³/mol. The average Bonchev–Trinajstić information content (AvgIpc) is 2.36. The molecule has 1 aromatic carbocycles. The molecule has 2 rings (SSSR count). The minimum absolute atomic E-state index is 0.262. The van der Waals surface area contributed by atoms with Gasteiger partial charge in [-0.3, -0.25) is 0 Å². The molecule has 1 atom stereocenters. The summed E-state index contributed by atoms with van der Waals surface area (Å²) in [5.74, 6) is 0.761. The Hall–Kier alpha value is -0.820. The predicted octanol–water partition coefficient (Wildman–Crippen LogP) is 5.35. The fourth-order valence-electron chi connectivity index (χ4n) is 2.87. The minimum Gasteiger partial charge on any atom is -0.388 e. The molecule has 0 spiro atoms. The second kappa shape index (κ2) is 7.69. The van der Waals surface area contributed by atoms with Gasteiger partial charge in [-0.25, -0.2) is 0 Å². The van der Waals surface area contributed by atoms with Crippen molar-refractivity contribution in [1.29, 1.82) is 0 Å². The summed E-state index contributed by atoms with van der Waals surface area (Å²) >= 11 is 0. The van der Waals surface area contributed by atoms with Crippen LogP contribution in [0.25, 0.3) is 0 Å². The molecule has 0 bridgehead atoms. The fourth-order valence-corrected chi connectivity index (χ4v) is 2.87. The molecule has 19 heavy (non-hydrogen) atoms. The van der Waals surface area contributed by atoms with E-state index in [4.69, 9.17) is 0 Å². The number of hydrogen-bond donors (Lipinski definition) is 1. The fraction of sp³-hybridized carbons (Fsp3) is 0.667. The molecule has 1 unspecified atom stereocenters. The van der Waals surface area contributed by atoms with E-state index < -0.39 is 0 Å². The number of rotatable bonds is 8. The molecule has 1 saturated carbocycles. The Labute approximate surface area is 118 Å². The Bertz CT molecular complexity index is 368. The van der Waals surface area contributed by atoms with E-state index >= 15 is 0 Å². The Morgan fingerprint density at radius 1 is 1.16 bits per heavy atom. The Balaban J connectivity index is 1.79. The van der Waals surface area contributed by atoms with Gasteiger partial charge in [0, 0.05) is 0 Å². The highest BCUT2D eigenvalue weighted by molar-refractivity contribution is 5.28. The second-order valence-electron chi connectivity index (χ2n) is 6.02. The van der Waals surface area contributed by atoms with Crippen molar-refractivity contribution in [3.05, 3.63) is 35.4 Å². The first-order chi connectivity index (χ1) is 9.31. The molecule has 1 aromatic rings. The number of aliphatic hydroxyl groups is 1. The number of hydrogen-bond acceptors (Lipinski definition) is 1. The van der Waals surface area contributed by atoms with Gasteiger partial charge in [-0.05, 0) is 36.3 Å². The number of unbranched alkanes of at least 4 members (excludes halogenated alkanes) is 4. The molecule has 1 heteroatoms. The summed E-state index contributed by atoms with van der Waals surface area (Å²) < 4.78 is 0. The smallest absolute Gasteiger partial charge is 0.0790 e. The van der Waals surface area contributed by atoms with Crippen LogP contribution in [0.1, 0.15) is 87.9 Å². The highest BCUT2D eigenvalue weighted by Gasteiger charge is 2.20. The summed E-state index contributed by atoms with van der Waals surface area (Å²) in [6.45, 7) is 2.24. The quantitative estimate of drug-likeness (QED) is 0.625.